The second-order valence-electron chi connectivity index (χ2n) is 5.45. The monoisotopic (exact) mass is 307 g/mol. The summed E-state index contributed by atoms with van der Waals surface area (Å²) < 4.78 is 0. The van der Waals surface area contributed by atoms with Crippen molar-refractivity contribution < 1.29 is 9.90 Å². The van der Waals surface area contributed by atoms with Gasteiger partial charge >= 0.3 is 0 Å². The second-order valence-corrected chi connectivity index (χ2v) is 5.89. The van der Waals surface area contributed by atoms with Gasteiger partial charge in [0.05, 0.1) is 24.8 Å². The normalized spacial score (nSPS) is 22.4. The third-order valence-electron chi connectivity index (χ3n) is 3.95. The molecular weight excluding hydrogens is 290 g/mol. The first-order valence-corrected chi connectivity index (χ1v) is 7.51. The number of aliphatic hydroxyl groups excluding tert-OH is 1. The predicted molar refractivity (Wildman–Crippen MR) is 81.1 cm³/mol. The Morgan fingerprint density at radius 2 is 2.10 bits per heavy atom. The summed E-state index contributed by atoms with van der Waals surface area (Å²) in [4.78, 5) is 14.4. The van der Waals surface area contributed by atoms with Crippen molar-refractivity contribution >= 4 is 23.2 Å². The van der Waals surface area contributed by atoms with Crippen LogP contribution in [0.5, 0.6) is 0 Å². The Kier molecular flexibility index (Phi) is 4.24. The van der Waals surface area contributed by atoms with Gasteiger partial charge in [-0.3, -0.25) is 9.69 Å². The number of rotatable bonds is 4. The van der Waals surface area contributed by atoms with Gasteiger partial charge in [0.15, 0.2) is 0 Å². The smallest absolute Gasteiger partial charge is 0.251 e. The molecule has 5 nitrogen and oxygen atoms in total. The Hall–Kier alpha value is -1.43. The maximum atomic E-state index is 12.1. The van der Waals surface area contributed by atoms with Crippen molar-refractivity contribution in [2.24, 2.45) is 11.0 Å². The molecule has 1 N–H and O–H groups in total. The van der Waals surface area contributed by atoms with Gasteiger partial charge in [-0.15, -0.1) is 0 Å². The average molecular weight is 308 g/mol. The average Bonchev–Trinajstić information content (AvgIpc) is 2.78. The molecule has 112 valence electrons. The van der Waals surface area contributed by atoms with E-state index in [4.69, 9.17) is 16.7 Å². The zero-order valence-electron chi connectivity index (χ0n) is 11.7. The summed E-state index contributed by atoms with van der Waals surface area (Å²) in [5.74, 6) is -0.0526. The summed E-state index contributed by atoms with van der Waals surface area (Å²) in [6.07, 6.45) is 0.799. The third kappa shape index (κ3) is 3.10. The molecule has 6 heteroatoms. The molecule has 0 aromatic heterocycles. The zero-order valence-corrected chi connectivity index (χ0v) is 12.5. The lowest BCUT2D eigenvalue weighted by Crippen LogP contribution is -2.41. The second kappa shape index (κ2) is 6.13. The van der Waals surface area contributed by atoms with Crippen LogP contribution in [0.1, 0.15) is 12.0 Å². The molecule has 2 aliphatic heterocycles. The van der Waals surface area contributed by atoms with Crippen LogP contribution < -0.4 is 0 Å². The number of hydrogen-bond donors (Lipinski definition) is 1. The molecule has 1 atom stereocenters. The Bertz CT molecular complexity index is 559. The van der Waals surface area contributed by atoms with Gasteiger partial charge < -0.3 is 5.11 Å². The number of hydrazone groups is 1. The van der Waals surface area contributed by atoms with Gasteiger partial charge in [-0.25, -0.2) is 5.01 Å². The predicted octanol–water partition coefficient (Wildman–Crippen LogP) is 1.35. The van der Waals surface area contributed by atoms with Crippen molar-refractivity contribution in [2.75, 3.05) is 26.2 Å². The molecule has 0 spiro atoms. The van der Waals surface area contributed by atoms with Crippen molar-refractivity contribution in [3.05, 3.63) is 34.9 Å². The highest BCUT2D eigenvalue weighted by atomic mass is 35.5. The largest absolute Gasteiger partial charge is 0.394 e. The number of β-amino-alcohol motifs (C(OH)–C–C–N with tert-alkyl or cyclic N) is 1. The fourth-order valence-corrected chi connectivity index (χ4v) is 3.01. The number of hydrogen-bond acceptors (Lipinski definition) is 4. The molecule has 0 saturated carbocycles. The number of fused-ring (bicyclic) bond motifs is 1. The number of benzene rings is 1. The minimum atomic E-state index is -0.0852. The van der Waals surface area contributed by atoms with E-state index in [1.807, 2.05) is 24.3 Å². The summed E-state index contributed by atoms with van der Waals surface area (Å²) in [6.45, 7) is 2.66. The quantitative estimate of drug-likeness (QED) is 0.913. The van der Waals surface area contributed by atoms with E-state index in [1.54, 1.807) is 0 Å². The van der Waals surface area contributed by atoms with Crippen LogP contribution in [0, 0.1) is 5.92 Å². The summed E-state index contributed by atoms with van der Waals surface area (Å²) in [7, 11) is 0. The fraction of sp³-hybridized carbons (Fsp3) is 0.467. The lowest BCUT2D eigenvalue weighted by molar-refractivity contribution is -0.132. The topological polar surface area (TPSA) is 56.1 Å². The fourth-order valence-electron chi connectivity index (χ4n) is 2.89. The van der Waals surface area contributed by atoms with Gasteiger partial charge in [-0.1, -0.05) is 23.7 Å². The molecule has 21 heavy (non-hydrogen) atoms. The SMILES string of the molecule is O=C1C2CCN(Cc3ccc(Cl)cc3)CC2=NN1CCO. The van der Waals surface area contributed by atoms with Crippen LogP contribution in [0.15, 0.2) is 29.4 Å². The standard InChI is InChI=1S/C15H18ClN3O2/c16-12-3-1-11(2-4-12)9-18-6-5-13-14(10-18)17-19(7-8-20)15(13)21/h1-4,13,20H,5-10H2. The first-order chi connectivity index (χ1) is 10.2. The van der Waals surface area contributed by atoms with Crippen molar-refractivity contribution in [2.45, 2.75) is 13.0 Å². The molecule has 1 fully saturated rings. The molecule has 2 aliphatic rings. The Morgan fingerprint density at radius 1 is 1.33 bits per heavy atom. The summed E-state index contributed by atoms with van der Waals surface area (Å²) >= 11 is 5.89. The highest BCUT2D eigenvalue weighted by Crippen LogP contribution is 2.25. The van der Waals surface area contributed by atoms with E-state index >= 15 is 0 Å². The van der Waals surface area contributed by atoms with Gasteiger partial charge in [-0.05, 0) is 24.1 Å². The first-order valence-electron chi connectivity index (χ1n) is 7.14. The molecule has 1 aromatic carbocycles. The lowest BCUT2D eigenvalue weighted by atomic mass is 9.94. The van der Waals surface area contributed by atoms with Crippen LogP contribution in [0.2, 0.25) is 5.02 Å². The highest BCUT2D eigenvalue weighted by Gasteiger charge is 2.38. The first kappa shape index (κ1) is 14.5. The van der Waals surface area contributed by atoms with Crippen molar-refractivity contribution in [3.8, 4) is 0 Å². The summed E-state index contributed by atoms with van der Waals surface area (Å²) in [5.41, 5.74) is 2.13. The molecule has 0 bridgehead atoms. The Labute approximate surface area is 128 Å². The van der Waals surface area contributed by atoms with E-state index in [-0.39, 0.29) is 25.0 Å². The number of nitrogens with zero attached hydrogens (tertiary/aromatic N) is 3. The highest BCUT2D eigenvalue weighted by molar-refractivity contribution is 6.30. The number of likely N-dealkylation sites (tertiary alicyclic amines) is 1. The number of amides is 1. The maximum Gasteiger partial charge on any atom is 0.251 e. The van der Waals surface area contributed by atoms with Crippen molar-refractivity contribution in [3.63, 3.8) is 0 Å². The molecule has 0 radical (unpaired) electrons. The molecule has 3 rings (SSSR count). The zero-order chi connectivity index (χ0) is 14.8. The summed E-state index contributed by atoms with van der Waals surface area (Å²) in [6, 6.07) is 7.83. The van der Waals surface area contributed by atoms with Gasteiger partial charge in [0.25, 0.3) is 5.91 Å². The maximum absolute atomic E-state index is 12.1. The van der Waals surface area contributed by atoms with E-state index in [0.717, 1.165) is 30.2 Å². The van der Waals surface area contributed by atoms with E-state index in [9.17, 15) is 4.79 Å². The van der Waals surface area contributed by atoms with Gasteiger partial charge in [0.1, 0.15) is 0 Å². The molecule has 2 heterocycles. The van der Waals surface area contributed by atoms with Crippen LogP contribution >= 0.6 is 11.6 Å². The minimum Gasteiger partial charge on any atom is -0.394 e. The minimum absolute atomic E-state index is 0.0326. The lowest BCUT2D eigenvalue weighted by Gasteiger charge is -2.29. The molecule has 1 amide bonds. The number of carbonyl (C=O) groups excluding carboxylic acids is 1. The van der Waals surface area contributed by atoms with Gasteiger partial charge in [-0.2, -0.15) is 5.10 Å². The van der Waals surface area contributed by atoms with Crippen LogP contribution in [-0.2, 0) is 11.3 Å². The third-order valence-corrected chi connectivity index (χ3v) is 4.21. The van der Waals surface area contributed by atoms with Crippen molar-refractivity contribution in [1.82, 2.24) is 9.91 Å². The molecular formula is C15H18ClN3O2. The number of carbonyl (C=O) groups is 1. The Balaban J connectivity index is 1.65. The van der Waals surface area contributed by atoms with E-state index < -0.39 is 0 Å². The molecule has 0 aliphatic carbocycles. The van der Waals surface area contributed by atoms with Gasteiger partial charge in [0, 0.05) is 24.7 Å². The Morgan fingerprint density at radius 3 is 2.81 bits per heavy atom. The van der Waals surface area contributed by atoms with Crippen LogP contribution in [-0.4, -0.2) is 52.9 Å². The molecule has 1 saturated heterocycles. The summed E-state index contributed by atoms with van der Waals surface area (Å²) in [5, 5.41) is 15.5. The van der Waals surface area contributed by atoms with Crippen LogP contribution in [0.3, 0.4) is 0 Å². The van der Waals surface area contributed by atoms with Gasteiger partial charge in [0.2, 0.25) is 0 Å². The number of halogens is 1. The molecule has 1 aromatic rings. The van der Waals surface area contributed by atoms with E-state index in [0.29, 0.717) is 6.54 Å². The van der Waals surface area contributed by atoms with Crippen LogP contribution in [0.4, 0.5) is 0 Å². The number of piperidine rings is 1. The van der Waals surface area contributed by atoms with Crippen molar-refractivity contribution in [1.29, 1.82) is 0 Å². The van der Waals surface area contributed by atoms with Crippen LogP contribution in [0.25, 0.3) is 0 Å². The van der Waals surface area contributed by atoms with E-state index in [2.05, 4.69) is 10.0 Å². The molecule has 1 unspecified atom stereocenters. The number of aliphatic hydroxyl groups is 1. The van der Waals surface area contributed by atoms with E-state index in [1.165, 1.54) is 10.6 Å².